The Hall–Kier alpha value is -0.340. The molecule has 1 fully saturated rings. The van der Waals surface area contributed by atoms with Crippen molar-refractivity contribution in [2.75, 3.05) is 19.6 Å². The van der Waals surface area contributed by atoms with Gasteiger partial charge in [-0.05, 0) is 49.5 Å². The second-order valence-electron chi connectivity index (χ2n) is 4.29. The summed E-state index contributed by atoms with van der Waals surface area (Å²) in [5.41, 5.74) is 1.49. The zero-order chi connectivity index (χ0) is 10.7. The molecule has 0 aromatic heterocycles. The van der Waals surface area contributed by atoms with Gasteiger partial charge in [0.1, 0.15) is 0 Å². The first kappa shape index (κ1) is 11.2. The molecule has 1 atom stereocenters. The molecule has 0 N–H and O–H groups in total. The number of halogens is 1. The molecule has 0 bridgehead atoms. The first-order chi connectivity index (χ1) is 7.29. The van der Waals surface area contributed by atoms with Crippen LogP contribution in [0.3, 0.4) is 0 Å². The molecule has 1 saturated heterocycles. The molecule has 1 heterocycles. The third kappa shape index (κ3) is 2.82. The second-order valence-corrected chi connectivity index (χ2v) is 5.20. The van der Waals surface area contributed by atoms with Gasteiger partial charge >= 0.3 is 0 Å². The fourth-order valence-corrected chi connectivity index (χ4v) is 2.79. The van der Waals surface area contributed by atoms with Crippen molar-refractivity contribution in [3.8, 4) is 0 Å². The van der Waals surface area contributed by atoms with Gasteiger partial charge < -0.3 is 4.90 Å². The van der Waals surface area contributed by atoms with E-state index < -0.39 is 0 Å². The van der Waals surface area contributed by atoms with Gasteiger partial charge in [0, 0.05) is 11.0 Å². The van der Waals surface area contributed by atoms with Gasteiger partial charge in [-0.15, -0.1) is 0 Å². The number of piperidine rings is 1. The highest BCUT2D eigenvalue weighted by molar-refractivity contribution is 9.10. The largest absolute Gasteiger partial charge is 0.303 e. The molecule has 82 valence electrons. The van der Waals surface area contributed by atoms with Crippen LogP contribution in [0.1, 0.15) is 31.2 Å². The smallest absolute Gasteiger partial charge is 0.0178 e. The molecule has 15 heavy (non-hydrogen) atoms. The lowest BCUT2D eigenvalue weighted by Crippen LogP contribution is -2.34. The Bertz CT molecular complexity index is 324. The van der Waals surface area contributed by atoms with Crippen molar-refractivity contribution in [3.63, 3.8) is 0 Å². The number of hydrogen-bond acceptors (Lipinski definition) is 1. The maximum absolute atomic E-state index is 3.55. The molecule has 2 heteroatoms. The Morgan fingerprint density at radius 2 is 2.33 bits per heavy atom. The van der Waals surface area contributed by atoms with Crippen LogP contribution in [0.4, 0.5) is 0 Å². The summed E-state index contributed by atoms with van der Waals surface area (Å²) in [6.07, 6.45) is 2.68. The van der Waals surface area contributed by atoms with Crippen molar-refractivity contribution in [1.29, 1.82) is 0 Å². The zero-order valence-electron chi connectivity index (χ0n) is 9.25. The number of likely N-dealkylation sites (N-methyl/N-ethyl adjacent to an activating group) is 1. The van der Waals surface area contributed by atoms with Crippen LogP contribution in [0.5, 0.6) is 0 Å². The van der Waals surface area contributed by atoms with Gasteiger partial charge in [-0.25, -0.2) is 0 Å². The quantitative estimate of drug-likeness (QED) is 0.791. The Morgan fingerprint density at radius 3 is 3.07 bits per heavy atom. The summed E-state index contributed by atoms with van der Waals surface area (Å²) in [5, 5.41) is 0. The number of benzene rings is 1. The van der Waals surface area contributed by atoms with Gasteiger partial charge in [-0.3, -0.25) is 0 Å². The van der Waals surface area contributed by atoms with Crippen molar-refractivity contribution in [3.05, 3.63) is 34.3 Å². The highest BCUT2D eigenvalue weighted by atomic mass is 79.9. The summed E-state index contributed by atoms with van der Waals surface area (Å²) in [4.78, 5) is 2.55. The first-order valence-corrected chi connectivity index (χ1v) is 6.56. The molecule has 1 aromatic rings. The van der Waals surface area contributed by atoms with Crippen molar-refractivity contribution < 1.29 is 0 Å². The normalized spacial score (nSPS) is 22.9. The van der Waals surface area contributed by atoms with E-state index in [4.69, 9.17) is 0 Å². The minimum atomic E-state index is 0.733. The molecule has 2 rings (SSSR count). The predicted molar refractivity (Wildman–Crippen MR) is 68.2 cm³/mol. The van der Waals surface area contributed by atoms with Gasteiger partial charge in [-0.2, -0.15) is 0 Å². The van der Waals surface area contributed by atoms with Crippen molar-refractivity contribution in [2.45, 2.75) is 25.7 Å². The third-order valence-corrected chi connectivity index (χ3v) is 3.77. The van der Waals surface area contributed by atoms with Crippen LogP contribution in [0.2, 0.25) is 0 Å². The van der Waals surface area contributed by atoms with E-state index in [9.17, 15) is 0 Å². The van der Waals surface area contributed by atoms with Crippen LogP contribution in [-0.4, -0.2) is 24.5 Å². The van der Waals surface area contributed by atoms with E-state index in [1.165, 1.54) is 42.5 Å². The van der Waals surface area contributed by atoms with Crippen LogP contribution in [0, 0.1) is 0 Å². The summed E-state index contributed by atoms with van der Waals surface area (Å²) < 4.78 is 1.20. The van der Waals surface area contributed by atoms with Gasteiger partial charge in [0.2, 0.25) is 0 Å². The summed E-state index contributed by atoms with van der Waals surface area (Å²) in [5.74, 6) is 0.733. The van der Waals surface area contributed by atoms with E-state index in [1.807, 2.05) is 0 Å². The van der Waals surface area contributed by atoms with Crippen LogP contribution >= 0.6 is 15.9 Å². The Balaban J connectivity index is 2.09. The third-order valence-electron chi connectivity index (χ3n) is 3.27. The lowest BCUT2D eigenvalue weighted by molar-refractivity contribution is 0.218. The van der Waals surface area contributed by atoms with Crippen molar-refractivity contribution >= 4 is 15.9 Å². The minimum absolute atomic E-state index is 0.733. The first-order valence-electron chi connectivity index (χ1n) is 5.77. The molecule has 0 amide bonds. The zero-order valence-corrected chi connectivity index (χ0v) is 10.8. The summed E-state index contributed by atoms with van der Waals surface area (Å²) in [6, 6.07) is 8.77. The molecule has 0 saturated carbocycles. The highest BCUT2D eigenvalue weighted by Crippen LogP contribution is 2.28. The number of nitrogens with zero attached hydrogens (tertiary/aromatic N) is 1. The lowest BCUT2D eigenvalue weighted by atomic mass is 9.91. The monoisotopic (exact) mass is 267 g/mol. The van der Waals surface area contributed by atoms with Gasteiger partial charge in [0.25, 0.3) is 0 Å². The molecule has 1 aliphatic heterocycles. The van der Waals surface area contributed by atoms with Crippen molar-refractivity contribution in [2.24, 2.45) is 0 Å². The standard InChI is InChI=1S/C13H18BrN/c1-2-15-8-4-6-12(10-15)11-5-3-7-13(14)9-11/h3,5,7,9,12H,2,4,6,8,10H2,1H3. The van der Waals surface area contributed by atoms with Gasteiger partial charge in [0.05, 0.1) is 0 Å². The summed E-state index contributed by atoms with van der Waals surface area (Å²) in [7, 11) is 0. The lowest BCUT2D eigenvalue weighted by Gasteiger charge is -2.32. The average Bonchev–Trinajstić information content (AvgIpc) is 2.29. The molecular weight excluding hydrogens is 250 g/mol. The second kappa shape index (κ2) is 5.13. The minimum Gasteiger partial charge on any atom is -0.303 e. The van der Waals surface area contributed by atoms with E-state index >= 15 is 0 Å². The van der Waals surface area contributed by atoms with E-state index in [0.717, 1.165) is 5.92 Å². The SMILES string of the molecule is CCN1CCCC(c2cccc(Br)c2)C1. The Morgan fingerprint density at radius 1 is 1.47 bits per heavy atom. The van der Waals surface area contributed by atoms with Gasteiger partial charge in [0.15, 0.2) is 0 Å². The number of likely N-dealkylation sites (tertiary alicyclic amines) is 1. The van der Waals surface area contributed by atoms with Gasteiger partial charge in [-0.1, -0.05) is 35.0 Å². The van der Waals surface area contributed by atoms with Crippen LogP contribution in [0.15, 0.2) is 28.7 Å². The van der Waals surface area contributed by atoms with Crippen molar-refractivity contribution in [1.82, 2.24) is 4.90 Å². The molecule has 0 aliphatic carbocycles. The van der Waals surface area contributed by atoms with Crippen LogP contribution in [0.25, 0.3) is 0 Å². The molecule has 1 aromatic carbocycles. The number of hydrogen-bond donors (Lipinski definition) is 0. The summed E-state index contributed by atoms with van der Waals surface area (Å²) in [6.45, 7) is 5.95. The highest BCUT2D eigenvalue weighted by Gasteiger charge is 2.19. The number of rotatable bonds is 2. The Kier molecular flexibility index (Phi) is 3.81. The molecule has 0 radical (unpaired) electrons. The molecule has 0 spiro atoms. The molecule has 1 aliphatic rings. The van der Waals surface area contributed by atoms with Crippen LogP contribution < -0.4 is 0 Å². The summed E-state index contributed by atoms with van der Waals surface area (Å²) >= 11 is 3.55. The predicted octanol–water partition coefficient (Wildman–Crippen LogP) is 3.65. The molecule has 1 nitrogen and oxygen atoms in total. The van der Waals surface area contributed by atoms with E-state index in [1.54, 1.807) is 0 Å². The van der Waals surface area contributed by atoms with E-state index in [0.29, 0.717) is 0 Å². The maximum Gasteiger partial charge on any atom is 0.0178 e. The molecule has 1 unspecified atom stereocenters. The van der Waals surface area contributed by atoms with E-state index in [-0.39, 0.29) is 0 Å². The van der Waals surface area contributed by atoms with Crippen LogP contribution in [-0.2, 0) is 0 Å². The fourth-order valence-electron chi connectivity index (χ4n) is 2.38. The van der Waals surface area contributed by atoms with E-state index in [2.05, 4.69) is 52.0 Å². The molecular formula is C13H18BrN. The maximum atomic E-state index is 3.55. The fraction of sp³-hybridized carbons (Fsp3) is 0.538. The topological polar surface area (TPSA) is 3.24 Å². The Labute approximate surface area is 101 Å². The average molecular weight is 268 g/mol.